The molecule has 0 bridgehead atoms. The number of anilines is 1. The van der Waals surface area contributed by atoms with Gasteiger partial charge in [0.05, 0.1) is 11.4 Å². The van der Waals surface area contributed by atoms with Crippen LogP contribution in [0.5, 0.6) is 0 Å². The third-order valence-electron chi connectivity index (χ3n) is 3.54. The summed E-state index contributed by atoms with van der Waals surface area (Å²) < 4.78 is 51.7. The van der Waals surface area contributed by atoms with Crippen molar-refractivity contribution >= 4 is 27.4 Å². The van der Waals surface area contributed by atoms with Gasteiger partial charge in [-0.15, -0.1) is 0 Å². The molecule has 2 rings (SSSR count). The number of likely N-dealkylation sites (N-methyl/N-ethyl adjacent to an activating group) is 1. The molecule has 1 amide bonds. The average Bonchev–Trinajstić information content (AvgIpc) is 2.58. The van der Waals surface area contributed by atoms with Gasteiger partial charge in [0.25, 0.3) is 0 Å². The number of Topliss-reactive ketones (excluding diaryl/α,β-unsaturated/α-hetero) is 1. The topological polar surface area (TPSA) is 83.6 Å². The maximum atomic E-state index is 13.1. The van der Waals surface area contributed by atoms with Crippen molar-refractivity contribution in [1.29, 1.82) is 0 Å². The standard InChI is InChI=1S/C17H16F2N2O4S/c1-11(22)12-3-6-14(7-4-12)26(24,25)21(2)10-17(23)20-13-5-8-15(18)16(19)9-13/h3-9H,10H2,1-2H3,(H,20,23). The highest BCUT2D eigenvalue weighted by Gasteiger charge is 2.23. The number of halogens is 2. The zero-order valence-electron chi connectivity index (χ0n) is 14.0. The van der Waals surface area contributed by atoms with Gasteiger partial charge >= 0.3 is 0 Å². The summed E-state index contributed by atoms with van der Waals surface area (Å²) in [6.45, 7) is 0.827. The van der Waals surface area contributed by atoms with Crippen LogP contribution in [0.2, 0.25) is 0 Å². The van der Waals surface area contributed by atoms with Gasteiger partial charge in [-0.1, -0.05) is 12.1 Å². The van der Waals surface area contributed by atoms with Gasteiger partial charge in [-0.3, -0.25) is 9.59 Å². The molecule has 0 aliphatic heterocycles. The third kappa shape index (κ3) is 4.50. The maximum absolute atomic E-state index is 13.1. The minimum Gasteiger partial charge on any atom is -0.325 e. The van der Waals surface area contributed by atoms with Gasteiger partial charge in [-0.25, -0.2) is 17.2 Å². The van der Waals surface area contributed by atoms with Crippen molar-refractivity contribution in [1.82, 2.24) is 4.31 Å². The van der Waals surface area contributed by atoms with Gasteiger partial charge < -0.3 is 5.32 Å². The molecule has 26 heavy (non-hydrogen) atoms. The van der Waals surface area contributed by atoms with Crippen LogP contribution in [0, 0.1) is 11.6 Å². The lowest BCUT2D eigenvalue weighted by Crippen LogP contribution is -2.35. The van der Waals surface area contributed by atoms with Crippen LogP contribution >= 0.6 is 0 Å². The molecule has 0 atom stereocenters. The van der Waals surface area contributed by atoms with E-state index in [1.54, 1.807) is 0 Å². The van der Waals surface area contributed by atoms with E-state index in [9.17, 15) is 26.8 Å². The Morgan fingerprint density at radius 1 is 1.04 bits per heavy atom. The SMILES string of the molecule is CC(=O)c1ccc(S(=O)(=O)N(C)CC(=O)Nc2ccc(F)c(F)c2)cc1. The Morgan fingerprint density at radius 2 is 1.65 bits per heavy atom. The molecule has 2 aromatic carbocycles. The summed E-state index contributed by atoms with van der Waals surface area (Å²) in [7, 11) is -2.75. The Labute approximate surface area is 149 Å². The fourth-order valence-electron chi connectivity index (χ4n) is 2.10. The van der Waals surface area contributed by atoms with E-state index in [2.05, 4.69) is 5.32 Å². The molecular formula is C17H16F2N2O4S. The second-order valence-electron chi connectivity index (χ2n) is 5.52. The van der Waals surface area contributed by atoms with Crippen LogP contribution in [0.1, 0.15) is 17.3 Å². The fourth-order valence-corrected chi connectivity index (χ4v) is 3.23. The summed E-state index contributed by atoms with van der Waals surface area (Å²) in [5.41, 5.74) is 0.369. The molecule has 138 valence electrons. The van der Waals surface area contributed by atoms with E-state index in [-0.39, 0.29) is 16.4 Å². The highest BCUT2D eigenvalue weighted by Crippen LogP contribution is 2.16. The second-order valence-corrected chi connectivity index (χ2v) is 7.56. The van der Waals surface area contributed by atoms with Crippen molar-refractivity contribution in [2.45, 2.75) is 11.8 Å². The molecule has 0 aliphatic rings. The smallest absolute Gasteiger partial charge is 0.243 e. The Hall–Kier alpha value is -2.65. The van der Waals surface area contributed by atoms with Crippen LogP contribution in [0.15, 0.2) is 47.4 Å². The molecule has 1 N–H and O–H groups in total. The molecule has 0 aliphatic carbocycles. The number of benzene rings is 2. The van der Waals surface area contributed by atoms with E-state index in [0.717, 1.165) is 22.5 Å². The number of carbonyl (C=O) groups is 2. The summed E-state index contributed by atoms with van der Waals surface area (Å²) in [4.78, 5) is 23.1. The van der Waals surface area contributed by atoms with Crippen molar-refractivity contribution in [3.05, 3.63) is 59.7 Å². The van der Waals surface area contributed by atoms with E-state index in [4.69, 9.17) is 0 Å². The molecule has 0 saturated heterocycles. The van der Waals surface area contributed by atoms with Crippen molar-refractivity contribution in [2.24, 2.45) is 0 Å². The first kappa shape index (κ1) is 19.7. The molecule has 2 aromatic rings. The van der Waals surface area contributed by atoms with Gasteiger partial charge in [-0.05, 0) is 31.2 Å². The highest BCUT2D eigenvalue weighted by atomic mass is 32.2. The van der Waals surface area contributed by atoms with Crippen molar-refractivity contribution in [3.63, 3.8) is 0 Å². The number of nitrogens with zero attached hydrogens (tertiary/aromatic N) is 1. The summed E-state index contributed by atoms with van der Waals surface area (Å²) in [5.74, 6) is -3.11. The Morgan fingerprint density at radius 3 is 2.19 bits per heavy atom. The number of rotatable bonds is 6. The van der Waals surface area contributed by atoms with E-state index in [0.29, 0.717) is 5.56 Å². The second kappa shape index (κ2) is 7.71. The van der Waals surface area contributed by atoms with Crippen LogP contribution < -0.4 is 5.32 Å². The van der Waals surface area contributed by atoms with E-state index >= 15 is 0 Å². The maximum Gasteiger partial charge on any atom is 0.243 e. The largest absolute Gasteiger partial charge is 0.325 e. The van der Waals surface area contributed by atoms with E-state index in [1.807, 2.05) is 0 Å². The minimum atomic E-state index is -3.96. The monoisotopic (exact) mass is 382 g/mol. The van der Waals surface area contributed by atoms with Crippen molar-refractivity contribution in [3.8, 4) is 0 Å². The normalized spacial score (nSPS) is 11.4. The molecule has 0 saturated carbocycles. The predicted octanol–water partition coefficient (Wildman–Crippen LogP) is 2.43. The Kier molecular flexibility index (Phi) is 5.83. The predicted molar refractivity (Wildman–Crippen MR) is 91.3 cm³/mol. The summed E-state index contributed by atoms with van der Waals surface area (Å²) in [6.07, 6.45) is 0. The van der Waals surface area contributed by atoms with Gasteiger partial charge in [0, 0.05) is 24.4 Å². The highest BCUT2D eigenvalue weighted by molar-refractivity contribution is 7.89. The van der Waals surface area contributed by atoms with Crippen LogP contribution in [0.25, 0.3) is 0 Å². The number of ketones is 1. The van der Waals surface area contributed by atoms with Crippen molar-refractivity contribution < 1.29 is 26.8 Å². The van der Waals surface area contributed by atoms with E-state index in [1.165, 1.54) is 38.2 Å². The van der Waals surface area contributed by atoms with Crippen LogP contribution in [-0.4, -0.2) is 38.0 Å². The number of nitrogens with one attached hydrogen (secondary N) is 1. The van der Waals surface area contributed by atoms with E-state index < -0.39 is 34.1 Å². The molecule has 0 unspecified atom stereocenters. The van der Waals surface area contributed by atoms with Crippen LogP contribution in [0.3, 0.4) is 0 Å². The van der Waals surface area contributed by atoms with Crippen LogP contribution in [0.4, 0.5) is 14.5 Å². The summed E-state index contributed by atoms with van der Waals surface area (Å²) in [5, 5.41) is 2.29. The summed E-state index contributed by atoms with van der Waals surface area (Å²) in [6, 6.07) is 8.11. The van der Waals surface area contributed by atoms with Gasteiger partial charge in [0.15, 0.2) is 17.4 Å². The van der Waals surface area contributed by atoms with Gasteiger partial charge in [0.2, 0.25) is 15.9 Å². The third-order valence-corrected chi connectivity index (χ3v) is 5.36. The Balaban J connectivity index is 2.09. The molecule has 9 heteroatoms. The van der Waals surface area contributed by atoms with Gasteiger partial charge in [-0.2, -0.15) is 4.31 Å². The number of carbonyl (C=O) groups excluding carboxylic acids is 2. The first-order valence-corrected chi connectivity index (χ1v) is 8.87. The first-order chi connectivity index (χ1) is 12.1. The zero-order valence-corrected chi connectivity index (χ0v) is 14.8. The Bertz CT molecular complexity index is 944. The molecule has 6 nitrogen and oxygen atoms in total. The molecule has 0 aromatic heterocycles. The fraction of sp³-hybridized carbons (Fsp3) is 0.176. The molecular weight excluding hydrogens is 366 g/mol. The summed E-state index contributed by atoms with van der Waals surface area (Å²) >= 11 is 0. The number of sulfonamides is 1. The molecule has 0 heterocycles. The first-order valence-electron chi connectivity index (χ1n) is 7.43. The quantitative estimate of drug-likeness (QED) is 0.778. The number of hydrogen-bond donors (Lipinski definition) is 1. The molecule has 0 spiro atoms. The minimum absolute atomic E-state index is 0.00510. The number of hydrogen-bond acceptors (Lipinski definition) is 4. The lowest BCUT2D eigenvalue weighted by molar-refractivity contribution is -0.116. The zero-order chi connectivity index (χ0) is 19.5. The van der Waals surface area contributed by atoms with Gasteiger partial charge in [0.1, 0.15) is 0 Å². The molecule has 0 radical (unpaired) electrons. The number of amides is 1. The lowest BCUT2D eigenvalue weighted by Gasteiger charge is -2.17. The van der Waals surface area contributed by atoms with Crippen LogP contribution in [-0.2, 0) is 14.8 Å². The average molecular weight is 382 g/mol. The molecule has 0 fully saturated rings. The lowest BCUT2D eigenvalue weighted by atomic mass is 10.2. The van der Waals surface area contributed by atoms with Crippen molar-refractivity contribution in [2.75, 3.05) is 18.9 Å².